The summed E-state index contributed by atoms with van der Waals surface area (Å²) in [7, 11) is 0. The first kappa shape index (κ1) is 16.7. The van der Waals surface area contributed by atoms with Crippen molar-refractivity contribution in [1.29, 1.82) is 0 Å². The van der Waals surface area contributed by atoms with Gasteiger partial charge in [0, 0.05) is 17.4 Å². The van der Waals surface area contributed by atoms with E-state index in [1.165, 1.54) is 0 Å². The number of para-hydroxylation sites is 2. The summed E-state index contributed by atoms with van der Waals surface area (Å²) in [5.41, 5.74) is 2.12. The van der Waals surface area contributed by atoms with Gasteiger partial charge in [-0.25, -0.2) is 4.98 Å². The number of carbonyl (C=O) groups excluding carboxylic acids is 1. The van der Waals surface area contributed by atoms with Gasteiger partial charge in [0.25, 0.3) is 5.91 Å². The molecule has 2 aromatic carbocycles. The lowest BCUT2D eigenvalue weighted by molar-refractivity contribution is -0.125. The van der Waals surface area contributed by atoms with Gasteiger partial charge >= 0.3 is 0 Å². The first-order valence-electron chi connectivity index (χ1n) is 8.50. The zero-order valence-electron chi connectivity index (χ0n) is 14.4. The number of hydrogen-bond acceptors (Lipinski definition) is 4. The molecule has 1 atom stereocenters. The number of fused-ring (bicyclic) bond motifs is 1. The van der Waals surface area contributed by atoms with Crippen LogP contribution in [0.1, 0.15) is 11.3 Å². The van der Waals surface area contributed by atoms with Crippen molar-refractivity contribution in [3.8, 4) is 23.3 Å². The maximum atomic E-state index is 12.5. The molecule has 5 nitrogen and oxygen atoms in total. The van der Waals surface area contributed by atoms with Crippen molar-refractivity contribution in [3.05, 3.63) is 84.2 Å². The third-order valence-corrected chi connectivity index (χ3v) is 3.93. The van der Waals surface area contributed by atoms with Gasteiger partial charge in [0.05, 0.1) is 0 Å². The van der Waals surface area contributed by atoms with Crippen LogP contribution in [0.5, 0.6) is 11.5 Å². The van der Waals surface area contributed by atoms with Crippen molar-refractivity contribution in [2.24, 2.45) is 0 Å². The fraction of sp³-hybridized carbons (Fsp3) is 0.0909. The zero-order valence-corrected chi connectivity index (χ0v) is 14.4. The summed E-state index contributed by atoms with van der Waals surface area (Å²) >= 11 is 0. The third kappa shape index (κ3) is 4.07. The number of carbonyl (C=O) groups is 1. The first-order chi connectivity index (χ1) is 13.3. The number of benzene rings is 2. The van der Waals surface area contributed by atoms with Crippen LogP contribution in [0.15, 0.2) is 72.9 Å². The Kier molecular flexibility index (Phi) is 4.71. The monoisotopic (exact) mass is 356 g/mol. The second-order valence-corrected chi connectivity index (χ2v) is 5.90. The summed E-state index contributed by atoms with van der Waals surface area (Å²) in [5.74, 6) is 7.00. The molecule has 0 radical (unpaired) electrons. The van der Waals surface area contributed by atoms with Crippen molar-refractivity contribution >= 4 is 11.6 Å². The Hall–Kier alpha value is -3.78. The van der Waals surface area contributed by atoms with Gasteiger partial charge in [0.1, 0.15) is 12.3 Å². The van der Waals surface area contributed by atoms with Crippen molar-refractivity contribution in [3.63, 3.8) is 0 Å². The maximum absolute atomic E-state index is 12.5. The lowest BCUT2D eigenvalue weighted by atomic mass is 10.2. The van der Waals surface area contributed by atoms with Crippen LogP contribution < -0.4 is 14.8 Å². The molecule has 3 aromatic rings. The lowest BCUT2D eigenvalue weighted by Gasteiger charge is -2.25. The van der Waals surface area contributed by atoms with Gasteiger partial charge < -0.3 is 14.8 Å². The summed E-state index contributed by atoms with van der Waals surface area (Å²) in [5, 5.41) is 2.85. The van der Waals surface area contributed by atoms with E-state index < -0.39 is 6.10 Å². The van der Waals surface area contributed by atoms with Crippen LogP contribution in [0.3, 0.4) is 0 Å². The number of ether oxygens (including phenoxy) is 2. The number of nitrogens with zero attached hydrogens (tertiary/aromatic N) is 1. The Labute approximate surface area is 157 Å². The number of aromatic nitrogens is 1. The smallest absolute Gasteiger partial charge is 0.269 e. The SMILES string of the molecule is O=C(Nc1cccc(C#Cc2ccccn2)c1)[C@H]1COc2ccccc2O1. The molecular weight excluding hydrogens is 340 g/mol. The molecule has 0 saturated heterocycles. The highest BCUT2D eigenvalue weighted by Crippen LogP contribution is 2.31. The standard InChI is InChI=1S/C22H16N2O3/c25-22(21-15-26-19-9-1-2-10-20(19)27-21)24-18-8-5-6-16(14-18)11-12-17-7-3-4-13-23-17/h1-10,13-14,21H,15H2,(H,24,25)/t21-/m1/s1. The molecule has 0 saturated carbocycles. The fourth-order valence-electron chi connectivity index (χ4n) is 2.62. The summed E-state index contributed by atoms with van der Waals surface area (Å²) in [6, 6.07) is 20.2. The predicted octanol–water partition coefficient (Wildman–Crippen LogP) is 3.26. The normalized spacial score (nSPS) is 14.6. The Bertz CT molecular complexity index is 1020. The Morgan fingerprint density at radius 1 is 1.00 bits per heavy atom. The number of anilines is 1. The van der Waals surface area contributed by atoms with Gasteiger partial charge in [-0.05, 0) is 48.4 Å². The summed E-state index contributed by atoms with van der Waals surface area (Å²) in [6.07, 6.45) is 0.994. The summed E-state index contributed by atoms with van der Waals surface area (Å²) in [4.78, 5) is 16.7. The van der Waals surface area contributed by atoms with Crippen LogP contribution in [0.2, 0.25) is 0 Å². The van der Waals surface area contributed by atoms with E-state index in [2.05, 4.69) is 22.1 Å². The molecule has 1 amide bonds. The average Bonchev–Trinajstić information content (AvgIpc) is 2.73. The molecule has 4 rings (SSSR count). The topological polar surface area (TPSA) is 60.5 Å². The number of rotatable bonds is 2. The fourth-order valence-corrected chi connectivity index (χ4v) is 2.62. The first-order valence-corrected chi connectivity index (χ1v) is 8.50. The van der Waals surface area contributed by atoms with Crippen molar-refractivity contribution in [2.45, 2.75) is 6.10 Å². The minimum absolute atomic E-state index is 0.169. The van der Waals surface area contributed by atoms with Gasteiger partial charge in [-0.15, -0.1) is 0 Å². The van der Waals surface area contributed by atoms with Crippen LogP contribution in [0, 0.1) is 11.8 Å². The van der Waals surface area contributed by atoms with Crippen LogP contribution in [-0.2, 0) is 4.79 Å². The molecule has 1 aromatic heterocycles. The van der Waals surface area contributed by atoms with E-state index in [1.807, 2.05) is 60.7 Å². The Balaban J connectivity index is 1.44. The minimum atomic E-state index is -0.705. The molecule has 1 aliphatic heterocycles. The largest absolute Gasteiger partial charge is 0.485 e. The second-order valence-electron chi connectivity index (χ2n) is 5.90. The van der Waals surface area contributed by atoms with E-state index in [0.29, 0.717) is 22.9 Å². The van der Waals surface area contributed by atoms with E-state index in [-0.39, 0.29) is 12.5 Å². The van der Waals surface area contributed by atoms with Gasteiger partial charge in [-0.1, -0.05) is 30.2 Å². The van der Waals surface area contributed by atoms with Crippen LogP contribution >= 0.6 is 0 Å². The Morgan fingerprint density at radius 3 is 2.70 bits per heavy atom. The molecule has 1 aliphatic rings. The molecule has 0 spiro atoms. The number of amides is 1. The molecule has 1 N–H and O–H groups in total. The molecule has 5 heteroatoms. The quantitative estimate of drug-likeness (QED) is 0.716. The maximum Gasteiger partial charge on any atom is 0.269 e. The van der Waals surface area contributed by atoms with Gasteiger partial charge in [0.15, 0.2) is 11.5 Å². The predicted molar refractivity (Wildman–Crippen MR) is 102 cm³/mol. The number of nitrogens with one attached hydrogen (secondary N) is 1. The molecule has 0 aliphatic carbocycles. The minimum Gasteiger partial charge on any atom is -0.485 e. The molecule has 0 unspecified atom stereocenters. The van der Waals surface area contributed by atoms with Crippen LogP contribution in [-0.4, -0.2) is 23.6 Å². The van der Waals surface area contributed by atoms with Crippen LogP contribution in [0.25, 0.3) is 0 Å². The van der Waals surface area contributed by atoms with Gasteiger partial charge in [-0.3, -0.25) is 4.79 Å². The average molecular weight is 356 g/mol. The molecule has 0 fully saturated rings. The van der Waals surface area contributed by atoms with E-state index in [4.69, 9.17) is 9.47 Å². The van der Waals surface area contributed by atoms with Crippen molar-refractivity contribution < 1.29 is 14.3 Å². The second kappa shape index (κ2) is 7.63. The lowest BCUT2D eigenvalue weighted by Crippen LogP contribution is -2.40. The Morgan fingerprint density at radius 2 is 1.85 bits per heavy atom. The van der Waals surface area contributed by atoms with E-state index in [1.54, 1.807) is 12.3 Å². The summed E-state index contributed by atoms with van der Waals surface area (Å²) < 4.78 is 11.3. The van der Waals surface area contributed by atoms with E-state index in [0.717, 1.165) is 5.56 Å². The number of hydrogen-bond donors (Lipinski definition) is 1. The van der Waals surface area contributed by atoms with Crippen LogP contribution in [0.4, 0.5) is 5.69 Å². The molecule has 132 valence electrons. The van der Waals surface area contributed by atoms with E-state index in [9.17, 15) is 4.79 Å². The molecule has 0 bridgehead atoms. The summed E-state index contributed by atoms with van der Waals surface area (Å²) in [6.45, 7) is 0.169. The van der Waals surface area contributed by atoms with E-state index >= 15 is 0 Å². The molecule has 27 heavy (non-hydrogen) atoms. The highest BCUT2D eigenvalue weighted by Gasteiger charge is 2.27. The van der Waals surface area contributed by atoms with Gasteiger partial charge in [0.2, 0.25) is 6.10 Å². The van der Waals surface area contributed by atoms with Crippen molar-refractivity contribution in [2.75, 3.05) is 11.9 Å². The van der Waals surface area contributed by atoms with Gasteiger partial charge in [-0.2, -0.15) is 0 Å². The highest BCUT2D eigenvalue weighted by molar-refractivity contribution is 5.94. The van der Waals surface area contributed by atoms with Crippen molar-refractivity contribution in [1.82, 2.24) is 4.98 Å². The molecular formula is C22H16N2O3. The highest BCUT2D eigenvalue weighted by atomic mass is 16.6. The number of pyridine rings is 1. The molecule has 2 heterocycles. The third-order valence-electron chi connectivity index (χ3n) is 3.93. The zero-order chi connectivity index (χ0) is 18.5.